The summed E-state index contributed by atoms with van der Waals surface area (Å²) in [5.74, 6) is -0.386. The third-order valence-corrected chi connectivity index (χ3v) is 3.22. The van der Waals surface area contributed by atoms with Gasteiger partial charge in [0, 0.05) is 11.1 Å². The van der Waals surface area contributed by atoms with E-state index in [1.54, 1.807) is 12.1 Å². The molecule has 0 aliphatic heterocycles. The molecule has 0 fully saturated rings. The van der Waals surface area contributed by atoms with E-state index in [1.165, 1.54) is 41.1 Å². The minimum atomic E-state index is -0.523. The number of phenols is 1. The molecule has 2 aromatic carbocycles. The molecule has 0 aliphatic carbocycles. The van der Waals surface area contributed by atoms with E-state index in [0.29, 0.717) is 11.4 Å². The Bertz CT molecular complexity index is 883. The molecule has 0 aliphatic rings. The molecule has 0 spiro atoms. The summed E-state index contributed by atoms with van der Waals surface area (Å²) in [6.45, 7) is -0.250. The first-order chi connectivity index (χ1) is 11.4. The number of aromatic hydroxyl groups is 1. The second kappa shape index (κ2) is 7.47. The van der Waals surface area contributed by atoms with Crippen molar-refractivity contribution in [3.63, 3.8) is 0 Å². The molecule has 0 bridgehead atoms. The smallest absolute Gasteiger partial charge is 0.290 e. The Morgan fingerprint density at radius 1 is 1.12 bits per heavy atom. The number of phenolic OH excluding ortho intramolecular Hbond substituents is 1. The highest BCUT2D eigenvalue weighted by Gasteiger charge is 2.09. The van der Waals surface area contributed by atoms with Crippen LogP contribution in [0.15, 0.2) is 53.3 Å². The van der Waals surface area contributed by atoms with Crippen molar-refractivity contribution >= 4 is 18.1 Å². The molecule has 3 rings (SSSR count). The zero-order chi connectivity index (χ0) is 17.7. The highest BCUT2D eigenvalue weighted by molar-refractivity contribution is 6.30. The molecule has 24 heavy (non-hydrogen) atoms. The summed E-state index contributed by atoms with van der Waals surface area (Å²) in [4.78, 5) is 20.4. The van der Waals surface area contributed by atoms with E-state index in [-0.39, 0.29) is 22.8 Å². The number of hydrogen-bond acceptors (Lipinski definition) is 3. The molecule has 0 atom stereocenters. The third kappa shape index (κ3) is 4.02. The fourth-order valence-electron chi connectivity index (χ4n) is 2.04. The van der Waals surface area contributed by atoms with Gasteiger partial charge in [0.25, 0.3) is 12.0 Å². The topological polar surface area (TPSA) is 95.3 Å². The Kier molecular flexibility index (Phi) is 5.39. The second-order valence-corrected chi connectivity index (χ2v) is 5.06. The van der Waals surface area contributed by atoms with Gasteiger partial charge >= 0.3 is 0 Å². The van der Waals surface area contributed by atoms with E-state index < -0.39 is 5.82 Å². The second-order valence-electron chi connectivity index (χ2n) is 4.62. The molecule has 0 saturated carbocycles. The van der Waals surface area contributed by atoms with Crippen LogP contribution >= 0.6 is 11.6 Å². The van der Waals surface area contributed by atoms with E-state index in [4.69, 9.17) is 21.5 Å². The Morgan fingerprint density at radius 2 is 1.75 bits per heavy atom. The molecule has 1 aromatic heterocycles. The van der Waals surface area contributed by atoms with Crippen molar-refractivity contribution in [1.82, 2.24) is 9.78 Å². The predicted molar refractivity (Wildman–Crippen MR) is 87.2 cm³/mol. The van der Waals surface area contributed by atoms with Crippen LogP contribution in [0.5, 0.6) is 5.75 Å². The highest BCUT2D eigenvalue weighted by Crippen LogP contribution is 2.21. The van der Waals surface area contributed by atoms with Crippen molar-refractivity contribution in [3.05, 3.63) is 69.7 Å². The number of aromatic nitrogens is 2. The number of nitrogens with one attached hydrogen (secondary N) is 1. The molecule has 1 heterocycles. The van der Waals surface area contributed by atoms with Crippen LogP contribution in [0.25, 0.3) is 16.9 Å². The minimum Gasteiger partial charge on any atom is -0.508 e. The molecule has 3 aromatic rings. The van der Waals surface area contributed by atoms with Gasteiger partial charge < -0.3 is 10.2 Å². The van der Waals surface area contributed by atoms with Crippen molar-refractivity contribution in [3.8, 4) is 22.7 Å². The monoisotopic (exact) mass is 350 g/mol. The number of H-pyrrole nitrogens is 1. The summed E-state index contributed by atoms with van der Waals surface area (Å²) >= 11 is 5.80. The molecule has 0 saturated heterocycles. The number of nitrogens with zero attached hydrogens (tertiary/aromatic N) is 1. The lowest BCUT2D eigenvalue weighted by Crippen LogP contribution is -2.13. The molecule has 0 unspecified atom stereocenters. The lowest BCUT2D eigenvalue weighted by atomic mass is 10.1. The summed E-state index contributed by atoms with van der Waals surface area (Å²) in [5, 5.41) is 19.2. The third-order valence-electron chi connectivity index (χ3n) is 3.00. The fraction of sp³-hybridized carbons (Fsp3) is 0. The summed E-state index contributed by atoms with van der Waals surface area (Å²) in [7, 11) is 0. The molecule has 0 radical (unpaired) electrons. The average molecular weight is 351 g/mol. The lowest BCUT2D eigenvalue weighted by molar-refractivity contribution is -0.122. The molecule has 124 valence electrons. The quantitative estimate of drug-likeness (QED) is 0.619. The predicted octanol–water partition coefficient (Wildman–Crippen LogP) is 3.03. The van der Waals surface area contributed by atoms with Gasteiger partial charge in [-0.2, -0.15) is 0 Å². The molecule has 3 N–H and O–H groups in total. The molecular formula is C16H12ClFN2O4. The standard InChI is InChI=1S/C15H10ClFN2O2.CH2O2/c16-10-5-11(17)7-12(6-10)19-15(21)8-14(18-19)9-1-3-13(20)4-2-9;2-1-3/h1-8,18,20H;1H,(H,2,3). The van der Waals surface area contributed by atoms with Gasteiger partial charge in [-0.15, -0.1) is 0 Å². The summed E-state index contributed by atoms with van der Waals surface area (Å²) < 4.78 is 14.6. The van der Waals surface area contributed by atoms with Crippen LogP contribution < -0.4 is 5.56 Å². The van der Waals surface area contributed by atoms with Gasteiger partial charge in [-0.05, 0) is 48.0 Å². The number of benzene rings is 2. The van der Waals surface area contributed by atoms with Crippen LogP contribution in [0.4, 0.5) is 4.39 Å². The molecule has 8 heteroatoms. The summed E-state index contributed by atoms with van der Waals surface area (Å²) in [6.07, 6.45) is 0. The maximum Gasteiger partial charge on any atom is 0.290 e. The maximum atomic E-state index is 13.4. The molecular weight excluding hydrogens is 339 g/mol. The van der Waals surface area contributed by atoms with Crippen LogP contribution in [0.2, 0.25) is 5.02 Å². The SMILES string of the molecule is O=CO.O=c1cc(-c2ccc(O)cc2)[nH]n1-c1cc(F)cc(Cl)c1. The van der Waals surface area contributed by atoms with Crippen LogP contribution in [0.3, 0.4) is 0 Å². The van der Waals surface area contributed by atoms with E-state index in [0.717, 1.165) is 5.56 Å². The van der Waals surface area contributed by atoms with Gasteiger partial charge in [-0.1, -0.05) is 11.6 Å². The summed E-state index contributed by atoms with van der Waals surface area (Å²) in [5.41, 5.74) is 1.27. The Morgan fingerprint density at radius 3 is 2.33 bits per heavy atom. The van der Waals surface area contributed by atoms with E-state index >= 15 is 0 Å². The number of carbonyl (C=O) groups is 1. The number of aromatic amines is 1. The minimum absolute atomic E-state index is 0.137. The lowest BCUT2D eigenvalue weighted by Gasteiger charge is -2.03. The van der Waals surface area contributed by atoms with Gasteiger partial charge in [0.2, 0.25) is 0 Å². The number of rotatable bonds is 2. The summed E-state index contributed by atoms with van der Waals surface area (Å²) in [6, 6.07) is 11.6. The van der Waals surface area contributed by atoms with Gasteiger partial charge in [0.15, 0.2) is 0 Å². The van der Waals surface area contributed by atoms with E-state index in [2.05, 4.69) is 5.10 Å². The maximum absolute atomic E-state index is 13.4. The van der Waals surface area contributed by atoms with Gasteiger partial charge in [0.1, 0.15) is 11.6 Å². The van der Waals surface area contributed by atoms with E-state index in [9.17, 15) is 14.3 Å². The van der Waals surface area contributed by atoms with Crippen LogP contribution in [-0.4, -0.2) is 26.5 Å². The number of halogens is 2. The van der Waals surface area contributed by atoms with Gasteiger partial charge in [0.05, 0.1) is 11.4 Å². The van der Waals surface area contributed by atoms with Crippen molar-refractivity contribution in [1.29, 1.82) is 0 Å². The van der Waals surface area contributed by atoms with Gasteiger partial charge in [-0.25, -0.2) is 9.07 Å². The van der Waals surface area contributed by atoms with Crippen molar-refractivity contribution in [2.24, 2.45) is 0 Å². The van der Waals surface area contributed by atoms with E-state index in [1.807, 2.05) is 0 Å². The normalized spacial score (nSPS) is 9.92. The molecule has 0 amide bonds. The zero-order valence-electron chi connectivity index (χ0n) is 12.1. The number of hydrogen-bond donors (Lipinski definition) is 3. The van der Waals surface area contributed by atoms with Crippen LogP contribution in [0.1, 0.15) is 0 Å². The van der Waals surface area contributed by atoms with Crippen LogP contribution in [-0.2, 0) is 4.79 Å². The first-order valence-electron chi connectivity index (χ1n) is 6.60. The number of carboxylic acid groups (broad SMARTS) is 1. The Balaban J connectivity index is 0.000000647. The zero-order valence-corrected chi connectivity index (χ0v) is 12.9. The fourth-order valence-corrected chi connectivity index (χ4v) is 2.26. The van der Waals surface area contributed by atoms with Gasteiger partial charge in [-0.3, -0.25) is 14.7 Å². The first kappa shape index (κ1) is 17.3. The first-order valence-corrected chi connectivity index (χ1v) is 6.98. The average Bonchev–Trinajstić information content (AvgIpc) is 2.90. The van der Waals surface area contributed by atoms with Crippen molar-refractivity contribution < 1.29 is 19.4 Å². The highest BCUT2D eigenvalue weighted by atomic mass is 35.5. The van der Waals surface area contributed by atoms with Crippen molar-refractivity contribution in [2.75, 3.05) is 0 Å². The Hall–Kier alpha value is -3.06. The molecule has 6 nitrogen and oxygen atoms in total. The largest absolute Gasteiger partial charge is 0.508 e. The van der Waals surface area contributed by atoms with Crippen LogP contribution in [0, 0.1) is 5.82 Å². The van der Waals surface area contributed by atoms with Crippen molar-refractivity contribution in [2.45, 2.75) is 0 Å². The Labute approximate surface area is 140 Å².